The molecular weight excluding hydrogens is 304 g/mol. The largest absolute Gasteiger partial charge is 0.488 e. The number of rotatable bonds is 7. The third kappa shape index (κ3) is 4.81. The van der Waals surface area contributed by atoms with E-state index in [0.29, 0.717) is 13.0 Å². The smallest absolute Gasteiger partial charge is 0.220 e. The lowest BCUT2D eigenvalue weighted by molar-refractivity contribution is -0.123. The lowest BCUT2D eigenvalue weighted by atomic mass is 9.92. The van der Waals surface area contributed by atoms with E-state index in [2.05, 4.69) is 15.4 Å². The molecule has 128 valence electrons. The van der Waals surface area contributed by atoms with Gasteiger partial charge in [-0.15, -0.1) is 0 Å². The number of nitrogens with zero attached hydrogens (tertiary/aromatic N) is 3. The van der Waals surface area contributed by atoms with Gasteiger partial charge in [-0.1, -0.05) is 24.6 Å². The van der Waals surface area contributed by atoms with Crippen molar-refractivity contribution >= 4 is 5.91 Å². The van der Waals surface area contributed by atoms with Gasteiger partial charge in [0.1, 0.15) is 24.5 Å². The Morgan fingerprint density at radius 2 is 2.08 bits per heavy atom. The predicted octanol–water partition coefficient (Wildman–Crippen LogP) is 2.56. The average molecular weight is 328 g/mol. The number of hydrogen-bond donors (Lipinski definition) is 1. The minimum absolute atomic E-state index is 0.0559. The Bertz CT molecular complexity index is 615. The number of ether oxygens (including phenoxy) is 1. The van der Waals surface area contributed by atoms with Gasteiger partial charge in [0.15, 0.2) is 0 Å². The molecule has 1 aliphatic rings. The molecule has 1 saturated carbocycles. The fraction of sp³-hybridized carbons (Fsp3) is 0.500. The molecule has 0 bridgehead atoms. The van der Waals surface area contributed by atoms with Crippen molar-refractivity contribution in [1.29, 1.82) is 0 Å². The van der Waals surface area contributed by atoms with Gasteiger partial charge in [-0.2, -0.15) is 5.10 Å². The van der Waals surface area contributed by atoms with E-state index < -0.39 is 0 Å². The molecule has 2 aromatic rings. The first-order valence-corrected chi connectivity index (χ1v) is 8.65. The number of aromatic nitrogens is 3. The van der Waals surface area contributed by atoms with E-state index in [0.717, 1.165) is 37.9 Å². The van der Waals surface area contributed by atoms with Crippen molar-refractivity contribution < 1.29 is 9.53 Å². The first kappa shape index (κ1) is 16.5. The number of para-hydroxylation sites is 1. The van der Waals surface area contributed by atoms with Crippen LogP contribution in [0, 0.1) is 0 Å². The molecule has 1 aliphatic carbocycles. The van der Waals surface area contributed by atoms with Crippen LogP contribution in [-0.4, -0.2) is 32.8 Å². The normalized spacial score (nSPS) is 20.5. The predicted molar refractivity (Wildman–Crippen MR) is 90.5 cm³/mol. The van der Waals surface area contributed by atoms with Crippen LogP contribution in [0.3, 0.4) is 0 Å². The third-order valence-corrected chi connectivity index (χ3v) is 4.34. The Hall–Kier alpha value is -2.37. The maximum atomic E-state index is 12.2. The Labute approximate surface area is 142 Å². The highest BCUT2D eigenvalue weighted by Crippen LogP contribution is 2.24. The van der Waals surface area contributed by atoms with Gasteiger partial charge in [0, 0.05) is 13.0 Å². The van der Waals surface area contributed by atoms with E-state index in [1.54, 1.807) is 11.0 Å². The topological polar surface area (TPSA) is 69.0 Å². The second-order valence-corrected chi connectivity index (χ2v) is 6.19. The summed E-state index contributed by atoms with van der Waals surface area (Å²) in [5.74, 6) is 0.957. The summed E-state index contributed by atoms with van der Waals surface area (Å²) in [7, 11) is 0. The monoisotopic (exact) mass is 328 g/mol. The average Bonchev–Trinajstić information content (AvgIpc) is 3.11. The van der Waals surface area contributed by atoms with Crippen molar-refractivity contribution in [1.82, 2.24) is 20.1 Å². The molecule has 6 nitrogen and oxygen atoms in total. The molecule has 1 aromatic carbocycles. The van der Waals surface area contributed by atoms with Gasteiger partial charge in [-0.25, -0.2) is 4.98 Å². The Balaban J connectivity index is 1.47. The van der Waals surface area contributed by atoms with E-state index in [4.69, 9.17) is 4.74 Å². The molecular formula is C18H24N4O2. The first-order valence-electron chi connectivity index (χ1n) is 8.65. The summed E-state index contributed by atoms with van der Waals surface area (Å²) in [6.07, 6.45) is 8.73. The molecule has 0 saturated heterocycles. The molecule has 24 heavy (non-hydrogen) atoms. The van der Waals surface area contributed by atoms with Crippen molar-refractivity contribution in [3.05, 3.63) is 43.0 Å². The minimum atomic E-state index is 0.0559. The number of benzene rings is 1. The quantitative estimate of drug-likeness (QED) is 0.848. The maximum absolute atomic E-state index is 12.2. The van der Waals surface area contributed by atoms with E-state index in [9.17, 15) is 4.79 Å². The fourth-order valence-electron chi connectivity index (χ4n) is 3.11. The van der Waals surface area contributed by atoms with Crippen LogP contribution in [0.1, 0.15) is 38.5 Å². The van der Waals surface area contributed by atoms with Crippen molar-refractivity contribution in [3.63, 3.8) is 0 Å². The molecule has 0 aliphatic heterocycles. The van der Waals surface area contributed by atoms with E-state index in [1.165, 1.54) is 6.33 Å². The lowest BCUT2D eigenvalue weighted by Gasteiger charge is -2.32. The van der Waals surface area contributed by atoms with Crippen molar-refractivity contribution in [3.8, 4) is 5.75 Å². The van der Waals surface area contributed by atoms with Gasteiger partial charge < -0.3 is 10.1 Å². The van der Waals surface area contributed by atoms with Crippen LogP contribution in [0.4, 0.5) is 0 Å². The number of amides is 1. The van der Waals surface area contributed by atoms with Crippen LogP contribution >= 0.6 is 0 Å². The highest BCUT2D eigenvalue weighted by molar-refractivity contribution is 5.76. The standard InChI is InChI=1S/C18H24N4O2/c23-18(11-6-12-22-14-19-13-20-22)21-16-9-4-5-10-17(16)24-15-7-2-1-3-8-15/h1-3,7-8,13-14,16-17H,4-6,9-12H2,(H,21,23)/t16-,17-/m0/s1. The molecule has 1 N–H and O–H groups in total. The van der Waals surface area contributed by atoms with Gasteiger partial charge in [0.05, 0.1) is 6.04 Å². The summed E-state index contributed by atoms with van der Waals surface area (Å²) < 4.78 is 7.84. The molecule has 0 unspecified atom stereocenters. The lowest BCUT2D eigenvalue weighted by Crippen LogP contribution is -2.47. The summed E-state index contributed by atoms with van der Waals surface area (Å²) in [5, 5.41) is 7.20. The zero-order valence-corrected chi connectivity index (χ0v) is 13.8. The Morgan fingerprint density at radius 3 is 2.88 bits per heavy atom. The van der Waals surface area contributed by atoms with Gasteiger partial charge in [0.25, 0.3) is 0 Å². The van der Waals surface area contributed by atoms with Gasteiger partial charge in [-0.05, 0) is 37.8 Å². The zero-order chi connectivity index (χ0) is 16.6. The van der Waals surface area contributed by atoms with E-state index >= 15 is 0 Å². The highest BCUT2D eigenvalue weighted by atomic mass is 16.5. The van der Waals surface area contributed by atoms with Crippen molar-refractivity contribution in [2.45, 2.75) is 57.2 Å². The Kier molecular flexibility index (Phi) is 5.82. The number of carbonyl (C=O) groups is 1. The van der Waals surface area contributed by atoms with Crippen LogP contribution in [0.5, 0.6) is 5.75 Å². The first-order chi connectivity index (χ1) is 11.8. The summed E-state index contributed by atoms with van der Waals surface area (Å²) in [6, 6.07) is 9.93. The molecule has 2 atom stereocenters. The van der Waals surface area contributed by atoms with Crippen LogP contribution in [0.25, 0.3) is 0 Å². The molecule has 1 fully saturated rings. The van der Waals surface area contributed by atoms with E-state index in [1.807, 2.05) is 30.3 Å². The molecule has 6 heteroatoms. The minimum Gasteiger partial charge on any atom is -0.488 e. The molecule has 1 aromatic heterocycles. The Morgan fingerprint density at radius 1 is 1.25 bits per heavy atom. The SMILES string of the molecule is O=C(CCCn1cncn1)N[C@H]1CCCC[C@@H]1Oc1ccccc1. The third-order valence-electron chi connectivity index (χ3n) is 4.34. The van der Waals surface area contributed by atoms with Crippen LogP contribution in [-0.2, 0) is 11.3 Å². The summed E-state index contributed by atoms with van der Waals surface area (Å²) in [5.41, 5.74) is 0. The molecule has 1 amide bonds. The van der Waals surface area contributed by atoms with Gasteiger partial charge in [0.2, 0.25) is 5.91 Å². The van der Waals surface area contributed by atoms with Crippen LogP contribution in [0.15, 0.2) is 43.0 Å². The second kappa shape index (κ2) is 8.47. The molecule has 3 rings (SSSR count). The van der Waals surface area contributed by atoms with Crippen molar-refractivity contribution in [2.75, 3.05) is 0 Å². The van der Waals surface area contributed by atoms with Crippen LogP contribution in [0.2, 0.25) is 0 Å². The fourth-order valence-corrected chi connectivity index (χ4v) is 3.11. The second-order valence-electron chi connectivity index (χ2n) is 6.19. The summed E-state index contributed by atoms with van der Waals surface area (Å²) in [4.78, 5) is 16.1. The van der Waals surface area contributed by atoms with Crippen LogP contribution < -0.4 is 10.1 Å². The van der Waals surface area contributed by atoms with E-state index in [-0.39, 0.29) is 18.1 Å². The number of aryl methyl sites for hydroxylation is 1. The van der Waals surface area contributed by atoms with Gasteiger partial charge >= 0.3 is 0 Å². The number of carbonyl (C=O) groups excluding carboxylic acids is 1. The summed E-state index contributed by atoms with van der Waals surface area (Å²) >= 11 is 0. The van der Waals surface area contributed by atoms with Crippen molar-refractivity contribution in [2.24, 2.45) is 0 Å². The molecule has 0 radical (unpaired) electrons. The maximum Gasteiger partial charge on any atom is 0.220 e. The zero-order valence-electron chi connectivity index (χ0n) is 13.8. The van der Waals surface area contributed by atoms with Gasteiger partial charge in [-0.3, -0.25) is 9.48 Å². The molecule has 1 heterocycles. The summed E-state index contributed by atoms with van der Waals surface area (Å²) in [6.45, 7) is 0.710. The molecule has 0 spiro atoms. The number of nitrogens with one attached hydrogen (secondary N) is 1. The highest BCUT2D eigenvalue weighted by Gasteiger charge is 2.28. The number of hydrogen-bond acceptors (Lipinski definition) is 4.